The molecule has 0 unspecified atom stereocenters. The molecule has 1 fully saturated rings. The van der Waals surface area contributed by atoms with Gasteiger partial charge in [0.15, 0.2) is 0 Å². The molecular weight excluding hydrogens is 372 g/mol. The van der Waals surface area contributed by atoms with Gasteiger partial charge in [-0.15, -0.1) is 0 Å². The van der Waals surface area contributed by atoms with Crippen molar-refractivity contribution in [2.75, 3.05) is 0 Å². The average Bonchev–Trinajstić information content (AvgIpc) is 3.53. The minimum atomic E-state index is -0.112. The van der Waals surface area contributed by atoms with Crippen LogP contribution in [0.2, 0.25) is 0 Å². The van der Waals surface area contributed by atoms with Crippen molar-refractivity contribution in [2.45, 2.75) is 26.7 Å². The second-order valence-electron chi connectivity index (χ2n) is 6.59. The summed E-state index contributed by atoms with van der Waals surface area (Å²) in [6, 6.07) is 19.6. The van der Waals surface area contributed by atoms with E-state index in [1.54, 1.807) is 0 Å². The molecule has 0 aromatic heterocycles. The first-order chi connectivity index (χ1) is 13.0. The molecule has 1 aliphatic carbocycles. The van der Waals surface area contributed by atoms with Gasteiger partial charge >= 0.3 is 0 Å². The number of nitrogens with one attached hydrogen (secondary N) is 2. The predicted molar refractivity (Wildman–Crippen MR) is 120 cm³/mol. The molecule has 0 spiro atoms. The summed E-state index contributed by atoms with van der Waals surface area (Å²) in [5, 5.41) is 9.05. The van der Waals surface area contributed by atoms with Crippen molar-refractivity contribution in [2.24, 2.45) is 15.6 Å². The number of nitrogens with zero attached hydrogens (tertiary/aromatic N) is 2. The predicted octanol–water partition coefficient (Wildman–Crippen LogP) is 4.45. The molecule has 2 N–H and O–H groups in total. The van der Waals surface area contributed by atoms with Crippen LogP contribution in [0.1, 0.15) is 37.8 Å². The fraction of sp³-hybridized carbons (Fsp3) is 0.238. The molecule has 0 atom stereocenters. The summed E-state index contributed by atoms with van der Waals surface area (Å²) in [5.74, 6) is 0. The Kier molecular flexibility index (Phi) is 6.08. The molecule has 6 heteroatoms. The van der Waals surface area contributed by atoms with Gasteiger partial charge in [0.05, 0.1) is 0 Å². The van der Waals surface area contributed by atoms with Crippen molar-refractivity contribution in [1.29, 1.82) is 0 Å². The van der Waals surface area contributed by atoms with E-state index in [1.165, 1.54) is 0 Å². The topological polar surface area (TPSA) is 48.8 Å². The summed E-state index contributed by atoms with van der Waals surface area (Å²) in [6.45, 7) is 4.03. The van der Waals surface area contributed by atoms with E-state index in [0.29, 0.717) is 9.98 Å². The third-order valence-electron chi connectivity index (χ3n) is 4.86. The number of hydrogen-bond donors (Lipinski definition) is 2. The summed E-state index contributed by atoms with van der Waals surface area (Å²) in [6.07, 6.45) is 2.05. The zero-order chi connectivity index (χ0) is 19.3. The lowest BCUT2D eigenvalue weighted by Gasteiger charge is -2.16. The molecule has 3 rings (SSSR count). The van der Waals surface area contributed by atoms with Gasteiger partial charge in [0.2, 0.25) is 0 Å². The van der Waals surface area contributed by atoms with Crippen molar-refractivity contribution in [3.05, 3.63) is 71.8 Å². The van der Waals surface area contributed by atoms with Crippen LogP contribution in [0.25, 0.3) is 0 Å². The summed E-state index contributed by atoms with van der Waals surface area (Å²) >= 11 is 10.8. The molecule has 138 valence electrons. The smallest absolute Gasteiger partial charge is 0.126 e. The van der Waals surface area contributed by atoms with Crippen molar-refractivity contribution in [1.82, 2.24) is 10.9 Å². The molecule has 2 aromatic carbocycles. The summed E-state index contributed by atoms with van der Waals surface area (Å²) in [5.41, 5.74) is 9.77. The quantitative estimate of drug-likeness (QED) is 0.432. The van der Waals surface area contributed by atoms with Gasteiger partial charge < -0.3 is 0 Å². The van der Waals surface area contributed by atoms with E-state index in [1.807, 2.05) is 74.5 Å². The molecule has 1 saturated carbocycles. The maximum Gasteiger partial charge on any atom is 0.126 e. The highest BCUT2D eigenvalue weighted by atomic mass is 32.1. The van der Waals surface area contributed by atoms with Gasteiger partial charge in [-0.1, -0.05) is 85.1 Å². The molecule has 0 amide bonds. The van der Waals surface area contributed by atoms with E-state index in [-0.39, 0.29) is 5.41 Å². The third-order valence-corrected chi connectivity index (χ3v) is 5.51. The first-order valence-electron chi connectivity index (χ1n) is 8.83. The zero-order valence-electron chi connectivity index (χ0n) is 15.4. The van der Waals surface area contributed by atoms with Crippen LogP contribution >= 0.6 is 24.4 Å². The zero-order valence-corrected chi connectivity index (χ0v) is 17.0. The van der Waals surface area contributed by atoms with Crippen molar-refractivity contribution >= 4 is 45.8 Å². The highest BCUT2D eigenvalue weighted by Crippen LogP contribution is 2.48. The van der Waals surface area contributed by atoms with E-state index >= 15 is 0 Å². The number of hydrogen-bond acceptors (Lipinski definition) is 4. The normalized spacial score (nSPS) is 15.8. The number of hydrazone groups is 2. The highest BCUT2D eigenvalue weighted by molar-refractivity contribution is 7.81. The van der Waals surface area contributed by atoms with Crippen LogP contribution < -0.4 is 10.9 Å². The maximum atomic E-state index is 5.41. The number of thiocarbonyl (C=S) groups is 2. The van der Waals surface area contributed by atoms with Crippen LogP contribution in [0.5, 0.6) is 0 Å². The summed E-state index contributed by atoms with van der Waals surface area (Å²) < 4.78 is 0. The Morgan fingerprint density at radius 1 is 0.741 bits per heavy atom. The lowest BCUT2D eigenvalue weighted by atomic mass is 9.96. The van der Waals surface area contributed by atoms with Gasteiger partial charge in [0.25, 0.3) is 0 Å². The lowest BCUT2D eigenvalue weighted by molar-refractivity contribution is 0.891. The molecule has 0 bridgehead atoms. The van der Waals surface area contributed by atoms with E-state index in [2.05, 4.69) is 21.1 Å². The van der Waals surface area contributed by atoms with Gasteiger partial charge in [-0.3, -0.25) is 10.9 Å². The van der Waals surface area contributed by atoms with Crippen molar-refractivity contribution in [3.63, 3.8) is 0 Å². The maximum absolute atomic E-state index is 5.41. The van der Waals surface area contributed by atoms with E-state index in [4.69, 9.17) is 24.4 Å². The fourth-order valence-corrected chi connectivity index (χ4v) is 3.27. The SMILES string of the molecule is CC(=NNC(=S)c1ccccc1)C1(C(C)=NNC(=S)c2ccccc2)CC1. The molecule has 1 aliphatic rings. The Labute approximate surface area is 170 Å². The van der Waals surface area contributed by atoms with Crippen LogP contribution in [0.3, 0.4) is 0 Å². The number of rotatable bonds is 6. The fourth-order valence-electron chi connectivity index (χ4n) is 2.90. The number of benzene rings is 2. The Morgan fingerprint density at radius 3 is 1.44 bits per heavy atom. The van der Waals surface area contributed by atoms with Crippen LogP contribution in [0, 0.1) is 5.41 Å². The van der Waals surface area contributed by atoms with E-state index in [9.17, 15) is 0 Å². The highest BCUT2D eigenvalue weighted by Gasteiger charge is 2.48. The summed E-state index contributed by atoms with van der Waals surface area (Å²) in [4.78, 5) is 1.23. The van der Waals surface area contributed by atoms with Crippen molar-refractivity contribution in [3.8, 4) is 0 Å². The van der Waals surface area contributed by atoms with Crippen molar-refractivity contribution < 1.29 is 0 Å². The molecule has 0 aliphatic heterocycles. The molecule has 27 heavy (non-hydrogen) atoms. The Balaban J connectivity index is 1.64. The monoisotopic (exact) mass is 394 g/mol. The lowest BCUT2D eigenvalue weighted by Crippen LogP contribution is -2.28. The Bertz CT molecular complexity index is 813. The first kappa shape index (κ1) is 19.3. The van der Waals surface area contributed by atoms with Crippen LogP contribution in [-0.4, -0.2) is 21.4 Å². The minimum Gasteiger partial charge on any atom is -0.267 e. The Morgan fingerprint density at radius 2 is 1.11 bits per heavy atom. The van der Waals surface area contributed by atoms with Crippen LogP contribution in [-0.2, 0) is 0 Å². The third kappa shape index (κ3) is 4.64. The molecular formula is C21H22N4S2. The van der Waals surface area contributed by atoms with E-state index < -0.39 is 0 Å². The van der Waals surface area contributed by atoms with E-state index in [0.717, 1.165) is 35.4 Å². The first-order valence-corrected chi connectivity index (χ1v) is 9.65. The van der Waals surface area contributed by atoms with Crippen LogP contribution in [0.15, 0.2) is 70.9 Å². The standard InChI is InChI=1S/C21H22N4S2/c1-15(22-24-19(26)17-9-5-3-6-10-17)21(13-14-21)16(2)23-25-20(27)18-11-7-4-8-12-18/h3-12H,13-14H2,1-2H3,(H,24,26)(H,25,27). The minimum absolute atomic E-state index is 0.112. The molecule has 0 radical (unpaired) electrons. The van der Waals surface area contributed by atoms with Gasteiger partial charge in [-0.05, 0) is 26.7 Å². The van der Waals surface area contributed by atoms with Gasteiger partial charge in [-0.25, -0.2) is 0 Å². The summed E-state index contributed by atoms with van der Waals surface area (Å²) in [7, 11) is 0. The molecule has 4 nitrogen and oxygen atoms in total. The Hall–Kier alpha value is -2.44. The van der Waals surface area contributed by atoms with Crippen LogP contribution in [0.4, 0.5) is 0 Å². The van der Waals surface area contributed by atoms with Gasteiger partial charge in [0.1, 0.15) is 9.98 Å². The molecule has 0 saturated heterocycles. The largest absolute Gasteiger partial charge is 0.267 e. The van der Waals surface area contributed by atoms with Gasteiger partial charge in [-0.2, -0.15) is 10.2 Å². The molecule has 0 heterocycles. The second-order valence-corrected chi connectivity index (χ2v) is 7.41. The second kappa shape index (κ2) is 8.50. The average molecular weight is 395 g/mol. The van der Waals surface area contributed by atoms with Gasteiger partial charge in [0, 0.05) is 28.0 Å². The molecule has 2 aromatic rings.